The Hall–Kier alpha value is -1.94. The quantitative estimate of drug-likeness (QED) is 0.577. The zero-order valence-corrected chi connectivity index (χ0v) is 14.4. The van der Waals surface area contributed by atoms with E-state index >= 15 is 0 Å². The van der Waals surface area contributed by atoms with Crippen molar-refractivity contribution in [2.75, 3.05) is 12.4 Å². The molecule has 3 nitrogen and oxygen atoms in total. The number of amides is 1. The number of carbonyl (C=O) groups excluding carboxylic acids is 1. The largest absolute Gasteiger partial charge is 0.493 e. The molecule has 2 aromatic carbocycles. The van der Waals surface area contributed by atoms with Crippen molar-refractivity contribution >= 4 is 17.7 Å². The van der Waals surface area contributed by atoms with Crippen LogP contribution in [-0.2, 0) is 0 Å². The zero-order chi connectivity index (χ0) is 16.5. The molecule has 122 valence electrons. The van der Waals surface area contributed by atoms with E-state index in [-0.39, 0.29) is 11.9 Å². The Morgan fingerprint density at radius 2 is 1.83 bits per heavy atom. The number of ether oxygens (including phenoxy) is 1. The van der Waals surface area contributed by atoms with Crippen LogP contribution in [0.5, 0.6) is 5.75 Å². The Labute approximate surface area is 142 Å². The molecule has 0 aliphatic rings. The van der Waals surface area contributed by atoms with E-state index < -0.39 is 0 Å². The van der Waals surface area contributed by atoms with Crippen molar-refractivity contribution < 1.29 is 9.53 Å². The van der Waals surface area contributed by atoms with Crippen molar-refractivity contribution in [2.45, 2.75) is 31.2 Å². The lowest BCUT2D eigenvalue weighted by atomic mass is 10.2. The number of nitrogens with one attached hydrogen (secondary N) is 1. The Morgan fingerprint density at radius 3 is 2.48 bits per heavy atom. The first-order chi connectivity index (χ1) is 11.2. The summed E-state index contributed by atoms with van der Waals surface area (Å²) >= 11 is 1.77. The SMILES string of the molecule is CC[C@H](C)NC(=O)c1ccc(OCCSc2ccccc2)cc1. The van der Waals surface area contributed by atoms with Gasteiger partial charge in [-0.2, -0.15) is 0 Å². The van der Waals surface area contributed by atoms with E-state index in [2.05, 4.69) is 24.4 Å². The molecule has 0 bridgehead atoms. The van der Waals surface area contributed by atoms with Crippen molar-refractivity contribution in [3.05, 3.63) is 60.2 Å². The topological polar surface area (TPSA) is 38.3 Å². The molecule has 0 aliphatic heterocycles. The van der Waals surface area contributed by atoms with Crippen LogP contribution >= 0.6 is 11.8 Å². The maximum atomic E-state index is 12.0. The minimum Gasteiger partial charge on any atom is -0.493 e. The summed E-state index contributed by atoms with van der Waals surface area (Å²) in [7, 11) is 0. The normalized spacial score (nSPS) is 11.7. The predicted molar refractivity (Wildman–Crippen MR) is 96.3 cm³/mol. The van der Waals surface area contributed by atoms with Crippen LogP contribution in [0.2, 0.25) is 0 Å². The third-order valence-corrected chi connectivity index (χ3v) is 4.45. The monoisotopic (exact) mass is 329 g/mol. The van der Waals surface area contributed by atoms with Gasteiger partial charge >= 0.3 is 0 Å². The molecular formula is C19H23NO2S. The molecule has 0 saturated carbocycles. The Kier molecular flexibility index (Phi) is 7.01. The summed E-state index contributed by atoms with van der Waals surface area (Å²) in [5, 5.41) is 2.95. The Balaban J connectivity index is 1.75. The number of carbonyl (C=O) groups is 1. The minimum atomic E-state index is -0.0365. The molecule has 0 aliphatic carbocycles. The molecule has 4 heteroatoms. The lowest BCUT2D eigenvalue weighted by molar-refractivity contribution is 0.0939. The van der Waals surface area contributed by atoms with Gasteiger partial charge in [-0.05, 0) is 49.7 Å². The lowest BCUT2D eigenvalue weighted by Crippen LogP contribution is -2.31. The van der Waals surface area contributed by atoms with Gasteiger partial charge < -0.3 is 10.1 Å². The van der Waals surface area contributed by atoms with Gasteiger partial charge in [0.05, 0.1) is 6.61 Å². The molecule has 2 rings (SSSR count). The fourth-order valence-corrected chi connectivity index (χ4v) is 2.70. The average Bonchev–Trinajstić information content (AvgIpc) is 2.60. The van der Waals surface area contributed by atoms with E-state index in [1.807, 2.05) is 37.3 Å². The van der Waals surface area contributed by atoms with Crippen LogP contribution in [-0.4, -0.2) is 24.3 Å². The average molecular weight is 329 g/mol. The van der Waals surface area contributed by atoms with Gasteiger partial charge in [0.25, 0.3) is 5.91 Å². The molecule has 0 aromatic heterocycles. The summed E-state index contributed by atoms with van der Waals surface area (Å²) in [6.07, 6.45) is 0.923. The first kappa shape index (κ1) is 17.4. The fraction of sp³-hybridized carbons (Fsp3) is 0.316. The van der Waals surface area contributed by atoms with Gasteiger partial charge in [-0.1, -0.05) is 25.1 Å². The highest BCUT2D eigenvalue weighted by atomic mass is 32.2. The summed E-state index contributed by atoms with van der Waals surface area (Å²) in [4.78, 5) is 13.2. The molecule has 1 amide bonds. The van der Waals surface area contributed by atoms with Crippen molar-refractivity contribution in [2.24, 2.45) is 0 Å². The second-order valence-electron chi connectivity index (χ2n) is 5.32. The third kappa shape index (κ3) is 5.99. The molecular weight excluding hydrogens is 306 g/mol. The summed E-state index contributed by atoms with van der Waals surface area (Å²) < 4.78 is 5.71. The van der Waals surface area contributed by atoms with Gasteiger partial charge in [0.15, 0.2) is 0 Å². The molecule has 1 atom stereocenters. The minimum absolute atomic E-state index is 0.0365. The predicted octanol–water partition coefficient (Wildman–Crippen LogP) is 4.39. The molecule has 0 unspecified atom stereocenters. The van der Waals surface area contributed by atoms with Crippen LogP contribution in [0.25, 0.3) is 0 Å². The summed E-state index contributed by atoms with van der Waals surface area (Å²) in [5.41, 5.74) is 0.663. The van der Waals surface area contributed by atoms with Crippen LogP contribution in [0, 0.1) is 0 Å². The second kappa shape index (κ2) is 9.26. The number of thioether (sulfide) groups is 1. The highest BCUT2D eigenvalue weighted by molar-refractivity contribution is 7.99. The number of hydrogen-bond acceptors (Lipinski definition) is 3. The van der Waals surface area contributed by atoms with Gasteiger partial charge in [-0.25, -0.2) is 0 Å². The standard InChI is InChI=1S/C19H23NO2S/c1-3-15(2)20-19(21)16-9-11-17(12-10-16)22-13-14-23-18-7-5-4-6-8-18/h4-12,15H,3,13-14H2,1-2H3,(H,20,21)/t15-/m0/s1. The second-order valence-corrected chi connectivity index (χ2v) is 6.49. The van der Waals surface area contributed by atoms with Gasteiger partial charge in [0.2, 0.25) is 0 Å². The fourth-order valence-electron chi connectivity index (χ4n) is 1.95. The number of hydrogen-bond donors (Lipinski definition) is 1. The zero-order valence-electron chi connectivity index (χ0n) is 13.6. The Morgan fingerprint density at radius 1 is 1.13 bits per heavy atom. The van der Waals surface area contributed by atoms with Crippen LogP contribution in [0.1, 0.15) is 30.6 Å². The Bertz CT molecular complexity index is 599. The van der Waals surface area contributed by atoms with Crippen LogP contribution in [0.15, 0.2) is 59.5 Å². The van der Waals surface area contributed by atoms with E-state index in [0.717, 1.165) is 17.9 Å². The van der Waals surface area contributed by atoms with E-state index in [4.69, 9.17) is 4.74 Å². The van der Waals surface area contributed by atoms with Crippen LogP contribution in [0.4, 0.5) is 0 Å². The summed E-state index contributed by atoms with van der Waals surface area (Å²) in [6, 6.07) is 17.8. The van der Waals surface area contributed by atoms with E-state index in [9.17, 15) is 4.79 Å². The van der Waals surface area contributed by atoms with Crippen LogP contribution in [0.3, 0.4) is 0 Å². The molecule has 1 N–H and O–H groups in total. The van der Waals surface area contributed by atoms with E-state index in [1.54, 1.807) is 23.9 Å². The molecule has 0 saturated heterocycles. The molecule has 0 heterocycles. The van der Waals surface area contributed by atoms with Gasteiger partial charge in [0, 0.05) is 22.3 Å². The third-order valence-electron chi connectivity index (χ3n) is 3.47. The van der Waals surface area contributed by atoms with Gasteiger partial charge in [-0.15, -0.1) is 11.8 Å². The van der Waals surface area contributed by atoms with Crippen LogP contribution < -0.4 is 10.1 Å². The number of rotatable bonds is 8. The smallest absolute Gasteiger partial charge is 0.251 e. The summed E-state index contributed by atoms with van der Waals surface area (Å²) in [5.74, 6) is 1.64. The highest BCUT2D eigenvalue weighted by Crippen LogP contribution is 2.18. The lowest BCUT2D eigenvalue weighted by Gasteiger charge is -2.12. The van der Waals surface area contributed by atoms with Gasteiger partial charge in [0.1, 0.15) is 5.75 Å². The maximum absolute atomic E-state index is 12.0. The first-order valence-electron chi connectivity index (χ1n) is 7.90. The van der Waals surface area contributed by atoms with Gasteiger partial charge in [-0.3, -0.25) is 4.79 Å². The molecule has 23 heavy (non-hydrogen) atoms. The van der Waals surface area contributed by atoms with E-state index in [1.165, 1.54) is 4.90 Å². The van der Waals surface area contributed by atoms with Crippen molar-refractivity contribution in [3.63, 3.8) is 0 Å². The van der Waals surface area contributed by atoms with E-state index in [0.29, 0.717) is 12.2 Å². The summed E-state index contributed by atoms with van der Waals surface area (Å²) in [6.45, 7) is 4.69. The molecule has 0 spiro atoms. The first-order valence-corrected chi connectivity index (χ1v) is 8.89. The molecule has 0 fully saturated rings. The van der Waals surface area contributed by atoms with Crippen molar-refractivity contribution in [1.82, 2.24) is 5.32 Å². The van der Waals surface area contributed by atoms with Crippen molar-refractivity contribution in [3.8, 4) is 5.75 Å². The van der Waals surface area contributed by atoms with Crippen molar-refractivity contribution in [1.29, 1.82) is 0 Å². The molecule has 2 aromatic rings. The maximum Gasteiger partial charge on any atom is 0.251 e. The number of benzene rings is 2. The molecule has 0 radical (unpaired) electrons. The highest BCUT2D eigenvalue weighted by Gasteiger charge is 2.08.